The lowest BCUT2D eigenvalue weighted by Gasteiger charge is -2.34. The third-order valence-electron chi connectivity index (χ3n) is 3.24. The van der Waals surface area contributed by atoms with Crippen molar-refractivity contribution in [3.8, 4) is 0 Å². The number of alkyl halides is 3. The maximum Gasteiger partial charge on any atom is 0.390 e. The van der Waals surface area contributed by atoms with Crippen LogP contribution in [0.5, 0.6) is 0 Å². The van der Waals surface area contributed by atoms with Crippen LogP contribution < -0.4 is 5.32 Å². The van der Waals surface area contributed by atoms with Crippen LogP contribution in [0.25, 0.3) is 0 Å². The van der Waals surface area contributed by atoms with Gasteiger partial charge in [-0.3, -0.25) is 0 Å². The molecular formula is C13H25F3N2. The van der Waals surface area contributed by atoms with Crippen molar-refractivity contribution in [2.75, 3.05) is 26.2 Å². The van der Waals surface area contributed by atoms with Crippen LogP contribution in [-0.4, -0.2) is 42.8 Å². The summed E-state index contributed by atoms with van der Waals surface area (Å²) < 4.78 is 36.5. The monoisotopic (exact) mass is 266 g/mol. The van der Waals surface area contributed by atoms with E-state index in [1.54, 1.807) is 0 Å². The number of piperidine rings is 1. The second-order valence-electron chi connectivity index (χ2n) is 6.30. The van der Waals surface area contributed by atoms with E-state index in [9.17, 15) is 13.2 Å². The number of nitrogens with zero attached hydrogens (tertiary/aromatic N) is 1. The molecular weight excluding hydrogens is 241 g/mol. The number of hydrogen-bond donors (Lipinski definition) is 1. The van der Waals surface area contributed by atoms with E-state index in [1.165, 1.54) is 0 Å². The zero-order chi connectivity index (χ0) is 13.8. The van der Waals surface area contributed by atoms with Gasteiger partial charge in [0.25, 0.3) is 0 Å². The fraction of sp³-hybridized carbons (Fsp3) is 1.00. The first-order valence-corrected chi connectivity index (χ1v) is 6.70. The molecule has 0 radical (unpaired) electrons. The number of rotatable bonds is 4. The average Bonchev–Trinajstić information content (AvgIpc) is 2.22. The largest absolute Gasteiger partial charge is 0.390 e. The quantitative estimate of drug-likeness (QED) is 0.841. The van der Waals surface area contributed by atoms with Crippen molar-refractivity contribution < 1.29 is 13.2 Å². The normalized spacial score (nSPS) is 23.3. The van der Waals surface area contributed by atoms with Gasteiger partial charge >= 0.3 is 6.18 Å². The SMILES string of the molecule is CC(C)(C)NCC1CCCN(CCC(F)(F)F)C1. The van der Waals surface area contributed by atoms with Crippen LogP contribution in [0.1, 0.15) is 40.0 Å². The Kier molecular flexibility index (Phi) is 5.46. The second kappa shape index (κ2) is 6.24. The van der Waals surface area contributed by atoms with Crippen LogP contribution in [0.4, 0.5) is 13.2 Å². The highest BCUT2D eigenvalue weighted by atomic mass is 19.4. The third kappa shape index (κ3) is 7.21. The number of hydrogen-bond acceptors (Lipinski definition) is 2. The molecule has 0 aromatic heterocycles. The summed E-state index contributed by atoms with van der Waals surface area (Å²) in [6, 6.07) is 0. The molecule has 1 aliphatic rings. The highest BCUT2D eigenvalue weighted by Crippen LogP contribution is 2.22. The Morgan fingerprint density at radius 2 is 1.89 bits per heavy atom. The van der Waals surface area contributed by atoms with Crippen molar-refractivity contribution in [1.82, 2.24) is 10.2 Å². The molecule has 1 unspecified atom stereocenters. The molecule has 18 heavy (non-hydrogen) atoms. The van der Waals surface area contributed by atoms with Crippen molar-refractivity contribution in [3.05, 3.63) is 0 Å². The van der Waals surface area contributed by atoms with Gasteiger partial charge in [0.05, 0.1) is 6.42 Å². The summed E-state index contributed by atoms with van der Waals surface area (Å²) in [7, 11) is 0. The molecule has 0 bridgehead atoms. The molecule has 2 nitrogen and oxygen atoms in total. The molecule has 5 heteroatoms. The summed E-state index contributed by atoms with van der Waals surface area (Å²) in [5.74, 6) is 0.478. The van der Waals surface area contributed by atoms with E-state index in [1.807, 2.05) is 4.90 Å². The lowest BCUT2D eigenvalue weighted by Crippen LogP contribution is -2.45. The molecule has 1 aliphatic heterocycles. The molecule has 0 aliphatic carbocycles. The first-order valence-electron chi connectivity index (χ1n) is 6.70. The van der Waals surface area contributed by atoms with Crippen LogP contribution in [0, 0.1) is 5.92 Å². The molecule has 0 saturated carbocycles. The van der Waals surface area contributed by atoms with Crippen LogP contribution in [0.2, 0.25) is 0 Å². The lowest BCUT2D eigenvalue weighted by molar-refractivity contribution is -0.138. The Morgan fingerprint density at radius 1 is 1.22 bits per heavy atom. The molecule has 0 aromatic rings. The topological polar surface area (TPSA) is 15.3 Å². The molecule has 0 spiro atoms. The Bertz CT molecular complexity index is 222. The van der Waals surface area contributed by atoms with E-state index >= 15 is 0 Å². The molecule has 0 aromatic carbocycles. The molecule has 1 rings (SSSR count). The van der Waals surface area contributed by atoms with Crippen molar-refractivity contribution in [1.29, 1.82) is 0 Å². The fourth-order valence-electron chi connectivity index (χ4n) is 2.26. The maximum atomic E-state index is 12.2. The minimum atomic E-state index is -4.03. The van der Waals surface area contributed by atoms with Gasteiger partial charge < -0.3 is 10.2 Å². The highest BCUT2D eigenvalue weighted by molar-refractivity contribution is 4.79. The van der Waals surface area contributed by atoms with Gasteiger partial charge in [-0.05, 0) is 52.6 Å². The van der Waals surface area contributed by atoms with Gasteiger partial charge in [-0.2, -0.15) is 13.2 Å². The van der Waals surface area contributed by atoms with E-state index in [2.05, 4.69) is 26.1 Å². The van der Waals surface area contributed by atoms with Crippen LogP contribution in [-0.2, 0) is 0 Å². The Morgan fingerprint density at radius 3 is 2.44 bits per heavy atom. The maximum absolute atomic E-state index is 12.2. The molecule has 1 fully saturated rings. The van der Waals surface area contributed by atoms with Crippen LogP contribution in [0.15, 0.2) is 0 Å². The molecule has 108 valence electrons. The second-order valence-corrected chi connectivity index (χ2v) is 6.30. The van der Waals surface area contributed by atoms with Crippen molar-refractivity contribution >= 4 is 0 Å². The molecule has 1 saturated heterocycles. The molecule has 0 amide bonds. The van der Waals surface area contributed by atoms with E-state index in [4.69, 9.17) is 0 Å². The van der Waals surface area contributed by atoms with Crippen molar-refractivity contribution in [2.24, 2.45) is 5.92 Å². The Balaban J connectivity index is 2.28. The first-order chi connectivity index (χ1) is 8.16. The fourth-order valence-corrected chi connectivity index (χ4v) is 2.26. The third-order valence-corrected chi connectivity index (χ3v) is 3.24. The standard InChI is InChI=1S/C13H25F3N2/c1-12(2,3)17-9-11-5-4-7-18(10-11)8-6-13(14,15)16/h11,17H,4-10H2,1-3H3. The zero-order valence-electron chi connectivity index (χ0n) is 11.6. The van der Waals surface area contributed by atoms with Gasteiger partial charge in [0.15, 0.2) is 0 Å². The van der Waals surface area contributed by atoms with E-state index < -0.39 is 12.6 Å². The summed E-state index contributed by atoms with van der Waals surface area (Å²) in [6.45, 7) is 8.97. The first kappa shape index (κ1) is 15.8. The molecule has 1 atom stereocenters. The van der Waals surface area contributed by atoms with Crippen LogP contribution in [0.3, 0.4) is 0 Å². The smallest absolute Gasteiger partial charge is 0.312 e. The van der Waals surface area contributed by atoms with E-state index in [0.29, 0.717) is 5.92 Å². The minimum Gasteiger partial charge on any atom is -0.312 e. The minimum absolute atomic E-state index is 0.0776. The molecule has 1 N–H and O–H groups in total. The summed E-state index contributed by atoms with van der Waals surface area (Å²) in [5, 5.41) is 3.44. The van der Waals surface area contributed by atoms with Gasteiger partial charge in [-0.1, -0.05) is 0 Å². The number of likely N-dealkylation sites (tertiary alicyclic amines) is 1. The van der Waals surface area contributed by atoms with E-state index in [0.717, 1.165) is 32.5 Å². The summed E-state index contributed by atoms with van der Waals surface area (Å²) in [5.41, 5.74) is 0.0776. The van der Waals surface area contributed by atoms with Crippen molar-refractivity contribution in [2.45, 2.75) is 51.7 Å². The van der Waals surface area contributed by atoms with Gasteiger partial charge in [-0.25, -0.2) is 0 Å². The zero-order valence-corrected chi connectivity index (χ0v) is 11.6. The van der Waals surface area contributed by atoms with Gasteiger partial charge in [0.2, 0.25) is 0 Å². The Labute approximate surface area is 108 Å². The van der Waals surface area contributed by atoms with Crippen LogP contribution >= 0.6 is 0 Å². The summed E-state index contributed by atoms with van der Waals surface area (Å²) in [4.78, 5) is 1.95. The number of halogens is 3. The summed E-state index contributed by atoms with van der Waals surface area (Å²) >= 11 is 0. The summed E-state index contributed by atoms with van der Waals surface area (Å²) in [6.07, 6.45) is -2.59. The van der Waals surface area contributed by atoms with Gasteiger partial charge in [0.1, 0.15) is 0 Å². The average molecular weight is 266 g/mol. The van der Waals surface area contributed by atoms with Gasteiger partial charge in [0, 0.05) is 18.6 Å². The highest BCUT2D eigenvalue weighted by Gasteiger charge is 2.29. The predicted molar refractivity (Wildman–Crippen MR) is 67.6 cm³/mol. The van der Waals surface area contributed by atoms with Gasteiger partial charge in [-0.15, -0.1) is 0 Å². The number of nitrogens with one attached hydrogen (secondary N) is 1. The predicted octanol–water partition coefficient (Wildman–Crippen LogP) is 3.04. The van der Waals surface area contributed by atoms with E-state index in [-0.39, 0.29) is 12.1 Å². The lowest BCUT2D eigenvalue weighted by atomic mass is 9.96. The van der Waals surface area contributed by atoms with Crippen molar-refractivity contribution in [3.63, 3.8) is 0 Å². The molecule has 1 heterocycles. The Hall–Kier alpha value is -0.290.